The third-order valence-electron chi connectivity index (χ3n) is 2.33. The molecule has 1 amide bonds. The van der Waals surface area contributed by atoms with Gasteiger partial charge in [-0.2, -0.15) is 0 Å². The Hall–Kier alpha value is -1.65. The van der Waals surface area contributed by atoms with Gasteiger partial charge in [0.05, 0.1) is 5.84 Å². The molecule has 0 aromatic rings. The van der Waals surface area contributed by atoms with Gasteiger partial charge in [-0.25, -0.2) is 0 Å². The van der Waals surface area contributed by atoms with Gasteiger partial charge >= 0.3 is 0 Å². The largest absolute Gasteiger partial charge is 0.390 e. The van der Waals surface area contributed by atoms with Crippen LogP contribution in [0, 0.1) is 5.41 Å². The Morgan fingerprint density at radius 2 is 1.76 bits per heavy atom. The van der Waals surface area contributed by atoms with Crippen LogP contribution in [0.5, 0.6) is 0 Å². The van der Waals surface area contributed by atoms with Crippen molar-refractivity contribution in [2.45, 2.75) is 40.5 Å². The summed E-state index contributed by atoms with van der Waals surface area (Å²) in [4.78, 5) is 16.2. The van der Waals surface area contributed by atoms with Gasteiger partial charge in [0, 0.05) is 18.5 Å². The van der Waals surface area contributed by atoms with Gasteiger partial charge in [0.1, 0.15) is 5.70 Å². The molecule has 17 heavy (non-hydrogen) atoms. The number of rotatable bonds is 5. The van der Waals surface area contributed by atoms with E-state index in [1.807, 2.05) is 13.8 Å². The van der Waals surface area contributed by atoms with E-state index in [1.165, 1.54) is 6.92 Å². The van der Waals surface area contributed by atoms with Crippen LogP contribution in [0.3, 0.4) is 0 Å². The summed E-state index contributed by atoms with van der Waals surface area (Å²) in [5.41, 5.74) is 2.01. The fourth-order valence-corrected chi connectivity index (χ4v) is 1.22. The highest BCUT2D eigenvalue weighted by molar-refractivity contribution is 6.06. The second kappa shape index (κ2) is 7.60. The van der Waals surface area contributed by atoms with E-state index in [0.29, 0.717) is 11.4 Å². The summed E-state index contributed by atoms with van der Waals surface area (Å²) >= 11 is 0. The second-order valence-electron chi connectivity index (χ2n) is 3.69. The monoisotopic (exact) mass is 238 g/mol. The minimum atomic E-state index is -0.344. The summed E-state index contributed by atoms with van der Waals surface area (Å²) in [7, 11) is 1.74. The van der Waals surface area contributed by atoms with Crippen LogP contribution in [0.25, 0.3) is 0 Å². The van der Waals surface area contributed by atoms with E-state index in [2.05, 4.69) is 15.6 Å². The fourth-order valence-electron chi connectivity index (χ4n) is 1.22. The highest BCUT2D eigenvalue weighted by Gasteiger charge is 2.12. The molecule has 96 valence electrons. The normalized spacial score (nSPS) is 11.4. The number of nitrogens with one attached hydrogen (secondary N) is 3. The number of carbonyl (C=O) groups is 1. The molecule has 5 nitrogen and oxygen atoms in total. The molecule has 0 aliphatic heterocycles. The van der Waals surface area contributed by atoms with Crippen LogP contribution >= 0.6 is 0 Å². The van der Waals surface area contributed by atoms with Gasteiger partial charge < -0.3 is 10.6 Å². The molecule has 0 spiro atoms. The smallest absolute Gasteiger partial charge is 0.276 e. The van der Waals surface area contributed by atoms with Gasteiger partial charge in [0.25, 0.3) is 5.91 Å². The van der Waals surface area contributed by atoms with E-state index < -0.39 is 0 Å². The molecule has 0 heterocycles. The third-order valence-corrected chi connectivity index (χ3v) is 2.33. The van der Waals surface area contributed by atoms with Crippen LogP contribution in [0.4, 0.5) is 0 Å². The van der Waals surface area contributed by atoms with Crippen molar-refractivity contribution in [1.82, 2.24) is 10.6 Å². The van der Waals surface area contributed by atoms with Gasteiger partial charge in [-0.15, -0.1) is 0 Å². The first-order chi connectivity index (χ1) is 7.96. The number of nitrogens with zero attached hydrogens (tertiary/aromatic N) is 1. The zero-order valence-corrected chi connectivity index (χ0v) is 11.3. The van der Waals surface area contributed by atoms with E-state index in [9.17, 15) is 4.79 Å². The lowest BCUT2D eigenvalue weighted by atomic mass is 10.2. The fraction of sp³-hybridized carbons (Fsp3) is 0.583. The summed E-state index contributed by atoms with van der Waals surface area (Å²) in [6.07, 6.45) is 1.63. The Bertz CT molecular complexity index is 350. The first-order valence-electron chi connectivity index (χ1n) is 5.77. The van der Waals surface area contributed by atoms with Crippen LogP contribution in [0.2, 0.25) is 0 Å². The second-order valence-corrected chi connectivity index (χ2v) is 3.69. The first kappa shape index (κ1) is 15.3. The lowest BCUT2D eigenvalue weighted by Gasteiger charge is -2.09. The van der Waals surface area contributed by atoms with Crippen LogP contribution in [0.1, 0.15) is 40.5 Å². The molecule has 0 aliphatic carbocycles. The zero-order chi connectivity index (χ0) is 13.4. The van der Waals surface area contributed by atoms with E-state index in [4.69, 9.17) is 5.41 Å². The van der Waals surface area contributed by atoms with Crippen molar-refractivity contribution >= 4 is 17.5 Å². The topological polar surface area (TPSA) is 77.3 Å². The Labute approximate surface area is 103 Å². The lowest BCUT2D eigenvalue weighted by Crippen LogP contribution is -2.30. The van der Waals surface area contributed by atoms with Crippen molar-refractivity contribution < 1.29 is 4.79 Å². The number of amidine groups is 1. The van der Waals surface area contributed by atoms with Crippen LogP contribution in [-0.4, -0.2) is 24.5 Å². The van der Waals surface area contributed by atoms with E-state index in [1.54, 1.807) is 14.0 Å². The van der Waals surface area contributed by atoms with Crippen LogP contribution in [-0.2, 0) is 4.79 Å². The molecule has 0 unspecified atom stereocenters. The molecule has 0 aromatic carbocycles. The van der Waals surface area contributed by atoms with Crippen molar-refractivity contribution in [2.75, 3.05) is 7.05 Å². The minimum absolute atomic E-state index is 0.112. The molecule has 0 saturated heterocycles. The number of hydrogen-bond acceptors (Lipinski definition) is 4. The summed E-state index contributed by atoms with van der Waals surface area (Å²) in [6, 6.07) is 0. The van der Waals surface area contributed by atoms with Gasteiger partial charge in [0.2, 0.25) is 0 Å². The Kier molecular flexibility index (Phi) is 6.86. The Morgan fingerprint density at radius 3 is 2.12 bits per heavy atom. The molecule has 0 atom stereocenters. The third kappa shape index (κ3) is 5.29. The maximum Gasteiger partial charge on any atom is 0.276 e. The van der Waals surface area contributed by atoms with E-state index in [0.717, 1.165) is 18.6 Å². The molecule has 0 rings (SSSR count). The summed E-state index contributed by atoms with van der Waals surface area (Å²) in [5, 5.41) is 12.6. The summed E-state index contributed by atoms with van der Waals surface area (Å²) < 4.78 is 0. The van der Waals surface area contributed by atoms with Crippen LogP contribution in [0.15, 0.2) is 16.4 Å². The average molecular weight is 238 g/mol. The molecule has 0 radical (unpaired) electrons. The summed E-state index contributed by atoms with van der Waals surface area (Å²) in [5.74, 6) is -0.232. The molecule has 0 fully saturated rings. The van der Waals surface area contributed by atoms with Crippen molar-refractivity contribution in [2.24, 2.45) is 4.99 Å². The summed E-state index contributed by atoms with van der Waals surface area (Å²) in [6.45, 7) is 7.33. The van der Waals surface area contributed by atoms with E-state index >= 15 is 0 Å². The molecular weight excluding hydrogens is 216 g/mol. The molecule has 5 heteroatoms. The van der Waals surface area contributed by atoms with Gasteiger partial charge in [-0.3, -0.25) is 15.2 Å². The van der Waals surface area contributed by atoms with Crippen molar-refractivity contribution in [3.63, 3.8) is 0 Å². The van der Waals surface area contributed by atoms with Crippen molar-refractivity contribution in [3.05, 3.63) is 11.4 Å². The molecule has 0 aromatic heterocycles. The quantitative estimate of drug-likeness (QED) is 0.388. The predicted molar refractivity (Wildman–Crippen MR) is 71.3 cm³/mol. The zero-order valence-electron chi connectivity index (χ0n) is 11.3. The number of carbonyl (C=O) groups excluding carboxylic acids is 1. The average Bonchev–Trinajstić information content (AvgIpc) is 2.28. The van der Waals surface area contributed by atoms with Crippen molar-refractivity contribution in [1.29, 1.82) is 5.41 Å². The molecule has 0 aliphatic rings. The molecule has 0 bridgehead atoms. The number of hydrogen-bond donors (Lipinski definition) is 3. The van der Waals surface area contributed by atoms with Crippen molar-refractivity contribution in [3.8, 4) is 0 Å². The minimum Gasteiger partial charge on any atom is -0.390 e. The van der Waals surface area contributed by atoms with E-state index in [-0.39, 0.29) is 11.7 Å². The SMILES string of the molecule is CCC(CC)=N/C(C(=O)NC(C)=N)=C(/C)NC. The molecule has 0 saturated carbocycles. The number of aliphatic imine (C=N–C) groups is 1. The number of allylic oxidation sites excluding steroid dienone is 1. The van der Waals surface area contributed by atoms with Gasteiger partial charge in [-0.05, 0) is 26.7 Å². The Balaban J connectivity index is 5.24. The standard InChI is InChI=1S/C12H22N4O/c1-6-10(7-2)16-11(8(3)14-5)12(17)15-9(4)13/h14H,6-7H2,1-5H3,(H2,13,15,17)/b11-8-. The first-order valence-corrected chi connectivity index (χ1v) is 5.77. The lowest BCUT2D eigenvalue weighted by molar-refractivity contribution is -0.116. The molecular formula is C12H22N4O. The predicted octanol–water partition coefficient (Wildman–Crippen LogP) is 1.81. The Morgan fingerprint density at radius 1 is 1.24 bits per heavy atom. The number of amides is 1. The highest BCUT2D eigenvalue weighted by atomic mass is 16.2. The maximum atomic E-state index is 11.9. The molecule has 3 N–H and O–H groups in total. The van der Waals surface area contributed by atoms with Crippen LogP contribution < -0.4 is 10.6 Å². The maximum absolute atomic E-state index is 11.9. The van der Waals surface area contributed by atoms with Gasteiger partial charge in [0.15, 0.2) is 0 Å². The van der Waals surface area contributed by atoms with Gasteiger partial charge in [-0.1, -0.05) is 13.8 Å². The highest BCUT2D eigenvalue weighted by Crippen LogP contribution is 2.06.